The molecule has 0 spiro atoms. The molecule has 8 aromatic carbocycles. The maximum Gasteiger partial charge on any atom is 0.147 e. The molecule has 2 aromatic heterocycles. The molecular formula is C44H27NO2. The molecule has 0 saturated heterocycles. The van der Waals surface area contributed by atoms with Gasteiger partial charge in [0, 0.05) is 33.2 Å². The van der Waals surface area contributed by atoms with Crippen LogP contribution in [0.25, 0.3) is 76.5 Å². The number of para-hydroxylation sites is 1. The van der Waals surface area contributed by atoms with Gasteiger partial charge in [-0.2, -0.15) is 0 Å². The number of fused-ring (bicyclic) bond motifs is 10. The van der Waals surface area contributed by atoms with Crippen molar-refractivity contribution >= 4 is 82.5 Å². The van der Waals surface area contributed by atoms with E-state index in [-0.39, 0.29) is 0 Å². The number of hydrogen-bond donors (Lipinski definition) is 0. The van der Waals surface area contributed by atoms with Crippen LogP contribution in [0.1, 0.15) is 0 Å². The number of rotatable bonds is 4. The van der Waals surface area contributed by atoms with Gasteiger partial charge in [-0.15, -0.1) is 0 Å². The van der Waals surface area contributed by atoms with Crippen LogP contribution in [-0.4, -0.2) is 0 Å². The fourth-order valence-corrected chi connectivity index (χ4v) is 7.28. The molecule has 0 saturated carbocycles. The summed E-state index contributed by atoms with van der Waals surface area (Å²) < 4.78 is 13.0. The van der Waals surface area contributed by atoms with Crippen molar-refractivity contribution in [2.75, 3.05) is 4.90 Å². The number of hydrogen-bond acceptors (Lipinski definition) is 3. The van der Waals surface area contributed by atoms with Crippen molar-refractivity contribution in [2.24, 2.45) is 0 Å². The van der Waals surface area contributed by atoms with Crippen LogP contribution in [0.2, 0.25) is 0 Å². The number of nitrogens with zero attached hydrogens (tertiary/aromatic N) is 1. The predicted molar refractivity (Wildman–Crippen MR) is 196 cm³/mol. The van der Waals surface area contributed by atoms with Crippen molar-refractivity contribution in [3.05, 3.63) is 164 Å². The van der Waals surface area contributed by atoms with Gasteiger partial charge >= 0.3 is 0 Å². The van der Waals surface area contributed by atoms with Crippen LogP contribution in [0, 0.1) is 0 Å². The molecule has 0 aliphatic heterocycles. The average molecular weight is 602 g/mol. The van der Waals surface area contributed by atoms with Gasteiger partial charge in [-0.05, 0) is 93.3 Å². The topological polar surface area (TPSA) is 29.5 Å². The van der Waals surface area contributed by atoms with E-state index in [1.807, 2.05) is 0 Å². The van der Waals surface area contributed by atoms with E-state index in [4.69, 9.17) is 8.83 Å². The molecule has 10 rings (SSSR count). The van der Waals surface area contributed by atoms with Crippen molar-refractivity contribution in [3.8, 4) is 11.1 Å². The summed E-state index contributed by atoms with van der Waals surface area (Å²) in [5.74, 6) is 0. The van der Waals surface area contributed by atoms with E-state index in [0.29, 0.717) is 0 Å². The van der Waals surface area contributed by atoms with Crippen LogP contribution < -0.4 is 4.90 Å². The first-order valence-corrected chi connectivity index (χ1v) is 15.9. The Morgan fingerprint density at radius 2 is 1.00 bits per heavy atom. The minimum Gasteiger partial charge on any atom is -0.456 e. The molecular weight excluding hydrogens is 574 g/mol. The maximum atomic E-state index is 6.62. The Morgan fingerprint density at radius 1 is 0.362 bits per heavy atom. The zero-order valence-electron chi connectivity index (χ0n) is 25.4. The fourth-order valence-electron chi connectivity index (χ4n) is 7.28. The summed E-state index contributed by atoms with van der Waals surface area (Å²) in [4.78, 5) is 2.30. The molecule has 0 aliphatic rings. The second-order valence-electron chi connectivity index (χ2n) is 12.1. The SMILES string of the molecule is c1ccc(N(c2ccc(-c3cccc4ccccc34)cc2)c2ccc3oc4ccc5c(oc6ccc7ccccc7c65)c4c3c2)cc1. The standard InChI is InChI=1S/C44H27NO2/c1-2-12-31(13-3-1)45(32-20-17-30(18-21-32)35-16-8-11-28-9-4-6-14-34(28)35)33-22-25-39-38(27-33)43-41(46-39)26-23-37-42-36-15-7-5-10-29(36)19-24-40(42)47-44(37)43/h1-27H. The summed E-state index contributed by atoms with van der Waals surface area (Å²) in [6.07, 6.45) is 0. The third-order valence-electron chi connectivity index (χ3n) is 9.44. The van der Waals surface area contributed by atoms with Gasteiger partial charge in [-0.1, -0.05) is 103 Å². The summed E-state index contributed by atoms with van der Waals surface area (Å²) in [7, 11) is 0. The van der Waals surface area contributed by atoms with Gasteiger partial charge in [-0.3, -0.25) is 0 Å². The van der Waals surface area contributed by atoms with Gasteiger partial charge in [0.1, 0.15) is 22.3 Å². The van der Waals surface area contributed by atoms with Crippen LogP contribution in [0.5, 0.6) is 0 Å². The number of anilines is 3. The van der Waals surface area contributed by atoms with Gasteiger partial charge in [0.25, 0.3) is 0 Å². The minimum absolute atomic E-state index is 0.818. The van der Waals surface area contributed by atoms with Crippen LogP contribution in [-0.2, 0) is 0 Å². The molecule has 0 fully saturated rings. The van der Waals surface area contributed by atoms with Gasteiger partial charge in [0.15, 0.2) is 0 Å². The van der Waals surface area contributed by atoms with Crippen LogP contribution in [0.4, 0.5) is 17.1 Å². The van der Waals surface area contributed by atoms with Crippen molar-refractivity contribution in [3.63, 3.8) is 0 Å². The third-order valence-corrected chi connectivity index (χ3v) is 9.44. The molecule has 0 bridgehead atoms. The second-order valence-corrected chi connectivity index (χ2v) is 12.1. The van der Waals surface area contributed by atoms with Gasteiger partial charge < -0.3 is 13.7 Å². The first-order chi connectivity index (χ1) is 23.3. The highest BCUT2D eigenvalue weighted by molar-refractivity contribution is 6.26. The highest BCUT2D eigenvalue weighted by Crippen LogP contribution is 2.44. The van der Waals surface area contributed by atoms with Crippen molar-refractivity contribution in [2.45, 2.75) is 0 Å². The van der Waals surface area contributed by atoms with Gasteiger partial charge in [0.2, 0.25) is 0 Å². The molecule has 0 amide bonds. The Balaban J connectivity index is 1.16. The Labute approximate surface area is 270 Å². The number of furan rings is 2. The first-order valence-electron chi connectivity index (χ1n) is 15.9. The van der Waals surface area contributed by atoms with Crippen LogP contribution >= 0.6 is 0 Å². The normalized spacial score (nSPS) is 11.8. The smallest absolute Gasteiger partial charge is 0.147 e. The van der Waals surface area contributed by atoms with E-state index in [0.717, 1.165) is 60.9 Å². The van der Waals surface area contributed by atoms with E-state index in [9.17, 15) is 0 Å². The lowest BCUT2D eigenvalue weighted by Crippen LogP contribution is -2.09. The summed E-state index contributed by atoms with van der Waals surface area (Å²) in [5.41, 5.74) is 9.02. The molecule has 2 heterocycles. The molecule has 10 aromatic rings. The predicted octanol–water partition coefficient (Wildman–Crippen LogP) is 12.9. The highest BCUT2D eigenvalue weighted by atomic mass is 16.3. The molecule has 47 heavy (non-hydrogen) atoms. The lowest BCUT2D eigenvalue weighted by molar-refractivity contribution is 0.663. The number of benzene rings is 8. The fraction of sp³-hybridized carbons (Fsp3) is 0. The summed E-state index contributed by atoms with van der Waals surface area (Å²) in [5, 5.41) is 9.16. The monoisotopic (exact) mass is 601 g/mol. The summed E-state index contributed by atoms with van der Waals surface area (Å²) >= 11 is 0. The van der Waals surface area contributed by atoms with Crippen molar-refractivity contribution < 1.29 is 8.83 Å². The van der Waals surface area contributed by atoms with E-state index >= 15 is 0 Å². The summed E-state index contributed by atoms with van der Waals surface area (Å²) in [6.45, 7) is 0. The molecule has 0 unspecified atom stereocenters. The maximum absolute atomic E-state index is 6.62. The molecule has 0 radical (unpaired) electrons. The Hall–Kier alpha value is -6.32. The Kier molecular flexibility index (Phi) is 5.57. The zero-order chi connectivity index (χ0) is 30.9. The molecule has 0 aliphatic carbocycles. The lowest BCUT2D eigenvalue weighted by atomic mass is 9.98. The molecule has 0 atom stereocenters. The molecule has 0 N–H and O–H groups in total. The van der Waals surface area contributed by atoms with Crippen LogP contribution in [0.15, 0.2) is 173 Å². The average Bonchev–Trinajstić information content (AvgIpc) is 3.71. The Morgan fingerprint density at radius 3 is 1.85 bits per heavy atom. The Bertz CT molecular complexity index is 2780. The van der Waals surface area contributed by atoms with Crippen LogP contribution in [0.3, 0.4) is 0 Å². The molecule has 3 heteroatoms. The summed E-state index contributed by atoms with van der Waals surface area (Å²) in [6, 6.07) is 57.8. The quantitative estimate of drug-likeness (QED) is 0.201. The first kappa shape index (κ1) is 26.0. The van der Waals surface area contributed by atoms with Crippen molar-refractivity contribution in [1.82, 2.24) is 0 Å². The highest BCUT2D eigenvalue weighted by Gasteiger charge is 2.20. The second kappa shape index (κ2) is 10.1. The van der Waals surface area contributed by atoms with E-state index in [1.54, 1.807) is 0 Å². The van der Waals surface area contributed by atoms with Gasteiger partial charge in [-0.25, -0.2) is 0 Å². The van der Waals surface area contributed by atoms with Gasteiger partial charge in [0.05, 0.1) is 5.39 Å². The third kappa shape index (κ3) is 4.00. The zero-order valence-corrected chi connectivity index (χ0v) is 25.4. The largest absolute Gasteiger partial charge is 0.456 e. The van der Waals surface area contributed by atoms with E-state index in [2.05, 4.69) is 169 Å². The molecule has 220 valence electrons. The molecule has 3 nitrogen and oxygen atoms in total. The van der Waals surface area contributed by atoms with Crippen molar-refractivity contribution in [1.29, 1.82) is 0 Å². The lowest BCUT2D eigenvalue weighted by Gasteiger charge is -2.25. The van der Waals surface area contributed by atoms with E-state index in [1.165, 1.54) is 32.7 Å². The minimum atomic E-state index is 0.818. The van der Waals surface area contributed by atoms with E-state index < -0.39 is 0 Å².